The lowest BCUT2D eigenvalue weighted by atomic mass is 10.0. The van der Waals surface area contributed by atoms with Gasteiger partial charge in [-0.3, -0.25) is 14.7 Å². The third-order valence-electron chi connectivity index (χ3n) is 5.42. The SMILES string of the molecule is Cc1cc(C[C@@H]2CN(C(=O)c3ccc(N4CCCC4=O)cc3)C[C@H]2O)n[nH]1. The van der Waals surface area contributed by atoms with Crippen molar-refractivity contribution in [3.63, 3.8) is 0 Å². The number of nitrogens with one attached hydrogen (secondary N) is 1. The van der Waals surface area contributed by atoms with Crippen LogP contribution in [0.4, 0.5) is 5.69 Å². The molecular formula is C20H24N4O3. The molecule has 4 rings (SSSR count). The van der Waals surface area contributed by atoms with Gasteiger partial charge < -0.3 is 14.9 Å². The van der Waals surface area contributed by atoms with Crippen LogP contribution in [0.1, 0.15) is 34.6 Å². The van der Waals surface area contributed by atoms with Gasteiger partial charge >= 0.3 is 0 Å². The predicted octanol–water partition coefficient (Wildman–Crippen LogP) is 1.52. The number of aromatic nitrogens is 2. The molecule has 3 heterocycles. The van der Waals surface area contributed by atoms with Crippen molar-refractivity contribution in [2.45, 2.75) is 32.3 Å². The summed E-state index contributed by atoms with van der Waals surface area (Å²) in [5, 5.41) is 17.5. The highest BCUT2D eigenvalue weighted by Gasteiger charge is 2.35. The molecule has 142 valence electrons. The van der Waals surface area contributed by atoms with E-state index in [0.29, 0.717) is 31.5 Å². The van der Waals surface area contributed by atoms with Crippen LogP contribution >= 0.6 is 0 Å². The van der Waals surface area contributed by atoms with Crippen molar-refractivity contribution in [2.24, 2.45) is 5.92 Å². The quantitative estimate of drug-likeness (QED) is 0.856. The molecule has 27 heavy (non-hydrogen) atoms. The molecule has 2 aliphatic rings. The Balaban J connectivity index is 1.41. The molecular weight excluding hydrogens is 344 g/mol. The van der Waals surface area contributed by atoms with Gasteiger partial charge in [-0.25, -0.2) is 0 Å². The van der Waals surface area contributed by atoms with Crippen molar-refractivity contribution < 1.29 is 14.7 Å². The molecule has 2 fully saturated rings. The number of carbonyl (C=O) groups is 2. The number of anilines is 1. The average molecular weight is 368 g/mol. The number of likely N-dealkylation sites (tertiary alicyclic amines) is 1. The Labute approximate surface area is 158 Å². The van der Waals surface area contributed by atoms with Gasteiger partial charge in [0.05, 0.1) is 11.8 Å². The summed E-state index contributed by atoms with van der Waals surface area (Å²) in [7, 11) is 0. The lowest BCUT2D eigenvalue weighted by Gasteiger charge is -2.18. The molecule has 0 aliphatic carbocycles. The molecule has 0 bridgehead atoms. The number of aryl methyl sites for hydroxylation is 1. The zero-order chi connectivity index (χ0) is 19.0. The Kier molecular flexibility index (Phi) is 4.70. The van der Waals surface area contributed by atoms with E-state index in [1.54, 1.807) is 21.9 Å². The summed E-state index contributed by atoms with van der Waals surface area (Å²) in [6.45, 7) is 3.52. The summed E-state index contributed by atoms with van der Waals surface area (Å²) >= 11 is 0. The molecule has 0 unspecified atom stereocenters. The zero-order valence-corrected chi connectivity index (χ0v) is 15.4. The van der Waals surface area contributed by atoms with Gasteiger partial charge in [-0.2, -0.15) is 5.10 Å². The van der Waals surface area contributed by atoms with E-state index in [4.69, 9.17) is 0 Å². The number of hydrogen-bond donors (Lipinski definition) is 2. The largest absolute Gasteiger partial charge is 0.391 e. The molecule has 7 nitrogen and oxygen atoms in total. The molecule has 0 radical (unpaired) electrons. The Bertz CT molecular complexity index is 845. The molecule has 2 N–H and O–H groups in total. The Morgan fingerprint density at radius 1 is 1.30 bits per heavy atom. The lowest BCUT2D eigenvalue weighted by molar-refractivity contribution is -0.117. The number of aliphatic hydroxyl groups is 1. The first-order chi connectivity index (χ1) is 13.0. The maximum atomic E-state index is 12.8. The number of hydrogen-bond acceptors (Lipinski definition) is 4. The smallest absolute Gasteiger partial charge is 0.253 e. The zero-order valence-electron chi connectivity index (χ0n) is 15.4. The monoisotopic (exact) mass is 368 g/mol. The molecule has 0 spiro atoms. The number of rotatable bonds is 4. The van der Waals surface area contributed by atoms with Crippen LogP contribution < -0.4 is 4.90 Å². The van der Waals surface area contributed by atoms with Crippen LogP contribution in [0, 0.1) is 12.8 Å². The number of benzene rings is 1. The first kappa shape index (κ1) is 17.7. The fraction of sp³-hybridized carbons (Fsp3) is 0.450. The number of β-amino-alcohol motifs (C(OH)–C–C–N with tert-alkyl or cyclic N) is 1. The van der Waals surface area contributed by atoms with Crippen LogP contribution in [0.3, 0.4) is 0 Å². The predicted molar refractivity (Wildman–Crippen MR) is 100 cm³/mol. The molecule has 0 saturated carbocycles. The van der Waals surface area contributed by atoms with Gasteiger partial charge in [0.1, 0.15) is 0 Å². The normalized spacial score (nSPS) is 22.7. The maximum Gasteiger partial charge on any atom is 0.253 e. The second kappa shape index (κ2) is 7.15. The van der Waals surface area contributed by atoms with Crippen LogP contribution in [0.15, 0.2) is 30.3 Å². The minimum Gasteiger partial charge on any atom is -0.391 e. The molecule has 1 aromatic carbocycles. The summed E-state index contributed by atoms with van der Waals surface area (Å²) < 4.78 is 0. The summed E-state index contributed by atoms with van der Waals surface area (Å²) in [5.74, 6) is 0.0281. The topological polar surface area (TPSA) is 89.5 Å². The molecule has 2 aromatic rings. The first-order valence-electron chi connectivity index (χ1n) is 9.40. The number of amides is 2. The van der Waals surface area contributed by atoms with Crippen molar-refractivity contribution >= 4 is 17.5 Å². The minimum atomic E-state index is -0.549. The van der Waals surface area contributed by atoms with Crippen molar-refractivity contribution in [1.82, 2.24) is 15.1 Å². The van der Waals surface area contributed by atoms with E-state index in [1.807, 2.05) is 25.1 Å². The number of aliphatic hydroxyl groups excluding tert-OH is 1. The second-order valence-electron chi connectivity index (χ2n) is 7.48. The van der Waals surface area contributed by atoms with Gasteiger partial charge in [0.15, 0.2) is 0 Å². The molecule has 7 heteroatoms. The molecule has 2 atom stereocenters. The van der Waals surface area contributed by atoms with E-state index in [-0.39, 0.29) is 17.7 Å². The van der Waals surface area contributed by atoms with Crippen LogP contribution in [0.5, 0.6) is 0 Å². The Morgan fingerprint density at radius 2 is 2.07 bits per heavy atom. The van der Waals surface area contributed by atoms with Crippen LogP contribution in [-0.2, 0) is 11.2 Å². The molecule has 2 saturated heterocycles. The number of carbonyl (C=O) groups excluding carboxylic acids is 2. The summed E-state index contributed by atoms with van der Waals surface area (Å²) in [6.07, 6.45) is 1.56. The van der Waals surface area contributed by atoms with Crippen molar-refractivity contribution in [2.75, 3.05) is 24.5 Å². The van der Waals surface area contributed by atoms with Gasteiger partial charge in [0.25, 0.3) is 5.91 Å². The van der Waals surface area contributed by atoms with Gasteiger partial charge in [0.2, 0.25) is 5.91 Å². The van der Waals surface area contributed by atoms with Crippen molar-refractivity contribution in [1.29, 1.82) is 0 Å². The van der Waals surface area contributed by atoms with Crippen LogP contribution in [0.25, 0.3) is 0 Å². The highest BCUT2D eigenvalue weighted by Crippen LogP contribution is 2.25. The highest BCUT2D eigenvalue weighted by molar-refractivity contribution is 5.97. The van der Waals surface area contributed by atoms with Gasteiger partial charge in [-0.15, -0.1) is 0 Å². The third kappa shape index (κ3) is 3.60. The van der Waals surface area contributed by atoms with E-state index in [2.05, 4.69) is 10.2 Å². The molecule has 2 aliphatic heterocycles. The summed E-state index contributed by atoms with van der Waals surface area (Å²) in [4.78, 5) is 28.1. The van der Waals surface area contributed by atoms with Crippen molar-refractivity contribution in [3.05, 3.63) is 47.3 Å². The van der Waals surface area contributed by atoms with Gasteiger partial charge in [0, 0.05) is 48.9 Å². The van der Waals surface area contributed by atoms with Gasteiger partial charge in [-0.1, -0.05) is 0 Å². The van der Waals surface area contributed by atoms with E-state index in [9.17, 15) is 14.7 Å². The second-order valence-corrected chi connectivity index (χ2v) is 7.48. The summed E-state index contributed by atoms with van der Waals surface area (Å²) in [6, 6.07) is 9.15. The maximum absolute atomic E-state index is 12.8. The standard InChI is InChI=1S/C20H24N4O3/c1-13-9-16(22-21-13)10-15-11-23(12-18(15)25)20(27)14-4-6-17(7-5-14)24-8-2-3-19(24)26/h4-7,9,15,18,25H,2-3,8,10-12H2,1H3,(H,21,22)/t15-,18-/m1/s1. The Morgan fingerprint density at radius 3 is 2.70 bits per heavy atom. The van der Waals surface area contributed by atoms with E-state index in [1.165, 1.54) is 0 Å². The summed E-state index contributed by atoms with van der Waals surface area (Å²) in [5.41, 5.74) is 3.31. The lowest BCUT2D eigenvalue weighted by Crippen LogP contribution is -2.29. The number of H-pyrrole nitrogens is 1. The minimum absolute atomic E-state index is 0.0156. The molecule has 2 amide bonds. The van der Waals surface area contributed by atoms with E-state index in [0.717, 1.165) is 30.0 Å². The van der Waals surface area contributed by atoms with Crippen LogP contribution in [-0.4, -0.2) is 57.8 Å². The van der Waals surface area contributed by atoms with Crippen LogP contribution in [0.2, 0.25) is 0 Å². The van der Waals surface area contributed by atoms with E-state index < -0.39 is 6.10 Å². The number of aromatic amines is 1. The molecule has 1 aromatic heterocycles. The van der Waals surface area contributed by atoms with E-state index >= 15 is 0 Å². The Hall–Kier alpha value is -2.67. The number of nitrogens with zero attached hydrogens (tertiary/aromatic N) is 3. The fourth-order valence-corrected chi connectivity index (χ4v) is 3.96. The third-order valence-corrected chi connectivity index (χ3v) is 5.42. The highest BCUT2D eigenvalue weighted by atomic mass is 16.3. The van der Waals surface area contributed by atoms with Crippen molar-refractivity contribution in [3.8, 4) is 0 Å². The first-order valence-corrected chi connectivity index (χ1v) is 9.40. The average Bonchev–Trinajstić information content (AvgIpc) is 3.36. The fourth-order valence-electron chi connectivity index (χ4n) is 3.96. The van der Waals surface area contributed by atoms with Gasteiger partial charge in [-0.05, 0) is 50.1 Å².